The summed E-state index contributed by atoms with van der Waals surface area (Å²) in [6.45, 7) is 4.40. The summed E-state index contributed by atoms with van der Waals surface area (Å²) >= 11 is 1.65. The zero-order valence-corrected chi connectivity index (χ0v) is 17.0. The summed E-state index contributed by atoms with van der Waals surface area (Å²) < 4.78 is 18.9. The molecule has 29 heavy (non-hydrogen) atoms. The second-order valence-corrected chi connectivity index (χ2v) is 8.37. The Labute approximate surface area is 173 Å². The minimum absolute atomic E-state index is 0.0143. The van der Waals surface area contributed by atoms with Crippen molar-refractivity contribution in [3.8, 4) is 22.1 Å². The van der Waals surface area contributed by atoms with Crippen molar-refractivity contribution in [1.82, 2.24) is 9.88 Å². The number of nitrogens with zero attached hydrogens (tertiary/aromatic N) is 2. The number of ether oxygens (including phenoxy) is 3. The lowest BCUT2D eigenvalue weighted by Gasteiger charge is -2.19. The number of carbonyl (C=O) groups excluding carboxylic acids is 1. The fourth-order valence-corrected chi connectivity index (χ4v) is 4.70. The van der Waals surface area contributed by atoms with E-state index < -0.39 is 0 Å². The predicted octanol–water partition coefficient (Wildman–Crippen LogP) is 3.87. The average molecular weight is 410 g/mol. The van der Waals surface area contributed by atoms with Gasteiger partial charge in [-0.3, -0.25) is 4.79 Å². The van der Waals surface area contributed by atoms with Crippen LogP contribution < -0.4 is 9.47 Å². The van der Waals surface area contributed by atoms with E-state index in [1.165, 1.54) is 0 Å². The number of carbonyl (C=O) groups is 1. The molecule has 1 atom stereocenters. The van der Waals surface area contributed by atoms with Crippen molar-refractivity contribution in [2.75, 3.05) is 26.4 Å². The van der Waals surface area contributed by atoms with Gasteiger partial charge in [-0.05, 0) is 24.3 Å². The highest BCUT2D eigenvalue weighted by Gasteiger charge is 2.25. The summed E-state index contributed by atoms with van der Waals surface area (Å²) in [7, 11) is 0. The molecule has 1 saturated heterocycles. The van der Waals surface area contributed by atoms with Crippen molar-refractivity contribution in [2.45, 2.75) is 26.0 Å². The number of hydrogen-bond acceptors (Lipinski definition) is 6. The Balaban J connectivity index is 1.60. The molecule has 0 saturated carbocycles. The normalized spacial score (nSPS) is 18.9. The largest absolute Gasteiger partial charge is 0.487 e. The lowest BCUT2D eigenvalue weighted by Crippen LogP contribution is -2.30. The van der Waals surface area contributed by atoms with E-state index in [9.17, 15) is 4.79 Å². The Morgan fingerprint density at radius 1 is 1.28 bits per heavy atom. The molecule has 5 rings (SSSR count). The van der Waals surface area contributed by atoms with Crippen molar-refractivity contribution >= 4 is 27.5 Å². The maximum atomic E-state index is 12.0. The number of thiazole rings is 1. The number of rotatable bonds is 3. The summed E-state index contributed by atoms with van der Waals surface area (Å²) in [5.41, 5.74) is 2.91. The molecule has 1 aromatic heterocycles. The van der Waals surface area contributed by atoms with E-state index in [1.807, 2.05) is 24.3 Å². The van der Waals surface area contributed by atoms with Crippen LogP contribution in [0.1, 0.15) is 18.9 Å². The lowest BCUT2D eigenvalue weighted by molar-refractivity contribution is -0.129. The minimum atomic E-state index is 0.0143. The molecule has 2 aliphatic rings. The first kappa shape index (κ1) is 18.4. The second-order valence-electron chi connectivity index (χ2n) is 7.34. The number of fused-ring (bicyclic) bond motifs is 2. The van der Waals surface area contributed by atoms with E-state index >= 15 is 0 Å². The molecule has 0 unspecified atom stereocenters. The van der Waals surface area contributed by atoms with Crippen molar-refractivity contribution in [3.05, 3.63) is 42.0 Å². The van der Waals surface area contributed by atoms with E-state index in [1.54, 1.807) is 23.2 Å². The molecule has 0 N–H and O–H groups in total. The van der Waals surface area contributed by atoms with E-state index in [0.29, 0.717) is 38.7 Å². The van der Waals surface area contributed by atoms with Crippen LogP contribution >= 0.6 is 11.3 Å². The van der Waals surface area contributed by atoms with Crippen LogP contribution in [0.5, 0.6) is 11.5 Å². The minimum Gasteiger partial charge on any atom is -0.487 e. The Bertz CT molecular complexity index is 1030. The van der Waals surface area contributed by atoms with Crippen LogP contribution in [0.3, 0.4) is 0 Å². The molecule has 0 spiro atoms. The molecule has 3 aromatic rings. The molecule has 0 radical (unpaired) electrons. The highest BCUT2D eigenvalue weighted by molar-refractivity contribution is 7.21. The molecule has 3 heterocycles. The van der Waals surface area contributed by atoms with Crippen molar-refractivity contribution in [1.29, 1.82) is 0 Å². The standard InChI is InChI=1S/C22H22N2O4S/c1-14(25)24-7-9-27-21-16(12-24)10-15(11-19(21)28-17-6-8-26-13-17)22-23-18-4-2-3-5-20(18)29-22/h2-5,10-11,17H,6-9,12-13H2,1H3/t17-/m0/s1. The third-order valence-corrected chi connectivity index (χ3v) is 6.35. The maximum Gasteiger partial charge on any atom is 0.219 e. The Hall–Kier alpha value is -2.64. The van der Waals surface area contributed by atoms with Gasteiger partial charge in [-0.15, -0.1) is 11.3 Å². The molecule has 1 fully saturated rings. The van der Waals surface area contributed by atoms with Gasteiger partial charge < -0.3 is 19.1 Å². The summed E-state index contributed by atoms with van der Waals surface area (Å²) in [5.74, 6) is 1.47. The first-order valence-corrected chi connectivity index (χ1v) is 10.6. The van der Waals surface area contributed by atoms with Crippen molar-refractivity contribution in [2.24, 2.45) is 0 Å². The van der Waals surface area contributed by atoms with E-state index in [-0.39, 0.29) is 12.0 Å². The second kappa shape index (κ2) is 7.65. The fraction of sp³-hybridized carbons (Fsp3) is 0.364. The monoisotopic (exact) mass is 410 g/mol. The molecule has 0 bridgehead atoms. The molecule has 2 aliphatic heterocycles. The van der Waals surface area contributed by atoms with Crippen molar-refractivity contribution < 1.29 is 19.0 Å². The smallest absolute Gasteiger partial charge is 0.219 e. The van der Waals surface area contributed by atoms with Crippen LogP contribution in [-0.4, -0.2) is 48.3 Å². The predicted molar refractivity (Wildman–Crippen MR) is 111 cm³/mol. The lowest BCUT2D eigenvalue weighted by atomic mass is 10.1. The van der Waals surface area contributed by atoms with Gasteiger partial charge in [0.15, 0.2) is 11.5 Å². The van der Waals surface area contributed by atoms with Crippen LogP contribution in [-0.2, 0) is 16.1 Å². The fourth-order valence-electron chi connectivity index (χ4n) is 3.74. The van der Waals surface area contributed by atoms with Gasteiger partial charge in [0, 0.05) is 31.0 Å². The van der Waals surface area contributed by atoms with Gasteiger partial charge in [-0.2, -0.15) is 0 Å². The zero-order chi connectivity index (χ0) is 19.8. The van der Waals surface area contributed by atoms with Crippen LogP contribution in [0.25, 0.3) is 20.8 Å². The van der Waals surface area contributed by atoms with Crippen LogP contribution in [0.15, 0.2) is 36.4 Å². The van der Waals surface area contributed by atoms with Gasteiger partial charge in [0.25, 0.3) is 0 Å². The quantitative estimate of drug-likeness (QED) is 0.656. The third kappa shape index (κ3) is 3.68. The Morgan fingerprint density at radius 3 is 2.97 bits per heavy atom. The van der Waals surface area contributed by atoms with Gasteiger partial charge in [-0.25, -0.2) is 4.98 Å². The van der Waals surface area contributed by atoms with Gasteiger partial charge >= 0.3 is 0 Å². The third-order valence-electron chi connectivity index (χ3n) is 5.27. The molecule has 150 valence electrons. The molecular weight excluding hydrogens is 388 g/mol. The summed E-state index contributed by atoms with van der Waals surface area (Å²) in [6.07, 6.45) is 0.875. The van der Waals surface area contributed by atoms with Crippen LogP contribution in [0.4, 0.5) is 0 Å². The molecule has 7 heteroatoms. The number of amides is 1. The van der Waals surface area contributed by atoms with E-state index in [4.69, 9.17) is 19.2 Å². The number of aromatic nitrogens is 1. The van der Waals surface area contributed by atoms with Gasteiger partial charge in [-0.1, -0.05) is 12.1 Å². The number of benzene rings is 2. The summed E-state index contributed by atoms with van der Waals surface area (Å²) in [5, 5.41) is 0.931. The highest BCUT2D eigenvalue weighted by atomic mass is 32.1. The number of hydrogen-bond donors (Lipinski definition) is 0. The van der Waals surface area contributed by atoms with Gasteiger partial charge in [0.1, 0.15) is 17.7 Å². The summed E-state index contributed by atoms with van der Waals surface area (Å²) in [6, 6.07) is 12.2. The van der Waals surface area contributed by atoms with E-state index in [0.717, 1.165) is 38.5 Å². The SMILES string of the molecule is CC(=O)N1CCOc2c(cc(-c3nc4ccccc4s3)cc2O[C@H]2CCOC2)C1. The topological polar surface area (TPSA) is 60.9 Å². The van der Waals surface area contributed by atoms with Crippen LogP contribution in [0, 0.1) is 0 Å². The van der Waals surface area contributed by atoms with Gasteiger partial charge in [0.2, 0.25) is 5.91 Å². The number of para-hydroxylation sites is 1. The Kier molecular flexibility index (Phi) is 4.85. The molecule has 6 nitrogen and oxygen atoms in total. The van der Waals surface area contributed by atoms with Crippen LogP contribution in [0.2, 0.25) is 0 Å². The molecule has 1 amide bonds. The first-order valence-electron chi connectivity index (χ1n) is 9.83. The van der Waals surface area contributed by atoms with E-state index in [2.05, 4.69) is 12.1 Å². The highest BCUT2D eigenvalue weighted by Crippen LogP contribution is 2.41. The molecule has 2 aromatic carbocycles. The maximum absolute atomic E-state index is 12.0. The molecule has 0 aliphatic carbocycles. The zero-order valence-electron chi connectivity index (χ0n) is 16.2. The average Bonchev–Trinajstić information content (AvgIpc) is 3.32. The summed E-state index contributed by atoms with van der Waals surface area (Å²) in [4.78, 5) is 18.6. The molecular formula is C22H22N2O4S. The van der Waals surface area contributed by atoms with Gasteiger partial charge in [0.05, 0.1) is 30.0 Å². The van der Waals surface area contributed by atoms with Crippen molar-refractivity contribution in [3.63, 3.8) is 0 Å². The Morgan fingerprint density at radius 2 is 2.17 bits per heavy atom. The first-order chi connectivity index (χ1) is 14.2.